The molecular weight excluding hydrogens is 410 g/mol. The van der Waals surface area contributed by atoms with Crippen molar-refractivity contribution in [3.05, 3.63) is 120 Å². The summed E-state index contributed by atoms with van der Waals surface area (Å²) in [5.41, 5.74) is 6.76. The van der Waals surface area contributed by atoms with E-state index < -0.39 is 12.0 Å². The van der Waals surface area contributed by atoms with Crippen molar-refractivity contribution in [2.24, 2.45) is 0 Å². The van der Waals surface area contributed by atoms with Gasteiger partial charge in [-0.25, -0.2) is 4.79 Å². The average molecular weight is 434 g/mol. The topological polar surface area (TPSA) is 55.4 Å². The number of fused-ring (bicyclic) bond motifs is 3. The fourth-order valence-corrected chi connectivity index (χ4v) is 4.63. The molecule has 4 heteroatoms. The van der Waals surface area contributed by atoms with Crippen LogP contribution in [0.3, 0.4) is 0 Å². The summed E-state index contributed by atoms with van der Waals surface area (Å²) in [4.78, 5) is 26.1. The van der Waals surface area contributed by atoms with E-state index in [1.165, 1.54) is 7.11 Å². The number of nitrogens with one attached hydrogen (secondary N) is 1. The number of benzene rings is 4. The van der Waals surface area contributed by atoms with E-state index in [1.54, 1.807) is 12.1 Å². The van der Waals surface area contributed by atoms with Crippen molar-refractivity contribution >= 4 is 11.9 Å². The van der Waals surface area contributed by atoms with E-state index in [2.05, 4.69) is 5.32 Å². The fraction of sp³-hybridized carbons (Fsp3) is 0.103. The summed E-state index contributed by atoms with van der Waals surface area (Å²) in [5, 5.41) is 2.95. The number of carbonyl (C=O) groups excluding carboxylic acids is 2. The molecule has 33 heavy (non-hydrogen) atoms. The molecule has 5 rings (SSSR count). The molecule has 0 bridgehead atoms. The van der Waals surface area contributed by atoms with Crippen molar-refractivity contribution in [2.45, 2.75) is 12.0 Å². The molecule has 1 aliphatic rings. The van der Waals surface area contributed by atoms with Crippen LogP contribution in [0.2, 0.25) is 0 Å². The van der Waals surface area contributed by atoms with Gasteiger partial charge in [-0.3, -0.25) is 4.79 Å². The normalized spacial score (nSPS) is 13.0. The summed E-state index contributed by atoms with van der Waals surface area (Å²) < 4.78 is 5.11. The molecule has 0 saturated carbocycles. The van der Waals surface area contributed by atoms with Gasteiger partial charge >= 0.3 is 5.97 Å². The van der Waals surface area contributed by atoms with Crippen molar-refractivity contribution in [1.29, 1.82) is 0 Å². The Bertz CT molecular complexity index is 1270. The fourth-order valence-electron chi connectivity index (χ4n) is 4.63. The van der Waals surface area contributed by atoms with Crippen LogP contribution >= 0.6 is 0 Å². The Balaban J connectivity index is 1.46. The molecule has 0 aliphatic heterocycles. The highest BCUT2D eigenvalue weighted by Gasteiger charge is 2.39. The van der Waals surface area contributed by atoms with Crippen LogP contribution in [0.25, 0.3) is 22.3 Å². The molecule has 1 atom stereocenters. The molecule has 162 valence electrons. The van der Waals surface area contributed by atoms with Crippen molar-refractivity contribution < 1.29 is 14.3 Å². The van der Waals surface area contributed by atoms with Crippen molar-refractivity contribution in [1.82, 2.24) is 5.32 Å². The monoisotopic (exact) mass is 433 g/mol. The van der Waals surface area contributed by atoms with Gasteiger partial charge in [-0.05, 0) is 45.5 Å². The van der Waals surface area contributed by atoms with Crippen molar-refractivity contribution in [3.63, 3.8) is 0 Å². The van der Waals surface area contributed by atoms with Gasteiger partial charge in [-0.2, -0.15) is 0 Å². The van der Waals surface area contributed by atoms with Crippen molar-refractivity contribution in [3.8, 4) is 22.3 Å². The van der Waals surface area contributed by atoms with Crippen LogP contribution in [0.4, 0.5) is 0 Å². The summed E-state index contributed by atoms with van der Waals surface area (Å²) in [6.07, 6.45) is 0. The Labute approximate surface area is 192 Å². The Morgan fingerprint density at radius 3 is 1.79 bits per heavy atom. The average Bonchev–Trinajstić information content (AvgIpc) is 3.21. The third-order valence-corrected chi connectivity index (χ3v) is 6.21. The number of rotatable bonds is 5. The predicted molar refractivity (Wildman–Crippen MR) is 129 cm³/mol. The molecule has 0 spiro atoms. The maximum Gasteiger partial charge on any atom is 0.329 e. The molecule has 1 aliphatic carbocycles. The standard InChI is InChI=1S/C29H23NO3/c1-33-29(32)27(26-24-13-7-5-11-22(24)23-12-6-8-14-25(23)26)30-28(31)21-17-15-20(16-18-21)19-9-3-2-4-10-19/h2-18,26-27H,1H3,(H,30,31)/t27-/m1/s1. The minimum atomic E-state index is -0.846. The number of hydrogen-bond acceptors (Lipinski definition) is 3. The molecule has 0 radical (unpaired) electrons. The maximum atomic E-state index is 13.2. The summed E-state index contributed by atoms with van der Waals surface area (Å²) in [6.45, 7) is 0. The van der Waals surface area contributed by atoms with E-state index in [0.29, 0.717) is 5.56 Å². The molecule has 4 nitrogen and oxygen atoms in total. The SMILES string of the molecule is COC(=O)[C@H](NC(=O)c1ccc(-c2ccccc2)cc1)C1c2ccccc2-c2ccccc21. The first-order valence-electron chi connectivity index (χ1n) is 10.9. The molecule has 0 aromatic heterocycles. The summed E-state index contributed by atoms with van der Waals surface area (Å²) in [5.74, 6) is -1.11. The molecule has 4 aromatic carbocycles. The third-order valence-electron chi connectivity index (χ3n) is 6.21. The lowest BCUT2D eigenvalue weighted by molar-refractivity contribution is -0.143. The highest BCUT2D eigenvalue weighted by Crippen LogP contribution is 2.46. The first-order valence-corrected chi connectivity index (χ1v) is 10.9. The number of ether oxygens (including phenoxy) is 1. The molecule has 0 heterocycles. The van der Waals surface area contributed by atoms with Crippen LogP contribution in [0.1, 0.15) is 27.4 Å². The Hall–Kier alpha value is -4.18. The smallest absolute Gasteiger partial charge is 0.329 e. The van der Waals surface area contributed by atoms with E-state index in [0.717, 1.165) is 33.4 Å². The largest absolute Gasteiger partial charge is 0.467 e. The second-order valence-electron chi connectivity index (χ2n) is 8.07. The Morgan fingerprint density at radius 2 is 1.21 bits per heavy atom. The molecule has 0 saturated heterocycles. The minimum absolute atomic E-state index is 0.313. The number of carbonyl (C=O) groups is 2. The lowest BCUT2D eigenvalue weighted by atomic mass is 9.89. The summed E-state index contributed by atoms with van der Waals surface area (Å²) >= 11 is 0. The molecular formula is C29H23NO3. The number of esters is 1. The second kappa shape index (κ2) is 8.75. The summed E-state index contributed by atoms with van der Waals surface area (Å²) in [6, 6.07) is 32.5. The number of amides is 1. The number of methoxy groups -OCH3 is 1. The predicted octanol–water partition coefficient (Wildman–Crippen LogP) is 5.44. The Morgan fingerprint density at radius 1 is 0.697 bits per heavy atom. The van der Waals surface area contributed by atoms with Crippen LogP contribution in [0.5, 0.6) is 0 Å². The van der Waals surface area contributed by atoms with Gasteiger partial charge in [0.25, 0.3) is 5.91 Å². The number of hydrogen-bond donors (Lipinski definition) is 1. The zero-order valence-corrected chi connectivity index (χ0v) is 18.2. The van der Waals surface area contributed by atoms with Crippen LogP contribution in [-0.2, 0) is 9.53 Å². The van der Waals surface area contributed by atoms with E-state index in [1.807, 2.05) is 91.0 Å². The van der Waals surface area contributed by atoms with E-state index in [4.69, 9.17) is 4.74 Å². The van der Waals surface area contributed by atoms with Gasteiger partial charge in [-0.1, -0.05) is 91.0 Å². The quantitative estimate of drug-likeness (QED) is 0.427. The van der Waals surface area contributed by atoms with E-state index in [9.17, 15) is 9.59 Å². The van der Waals surface area contributed by atoms with Crippen LogP contribution in [0, 0.1) is 0 Å². The third kappa shape index (κ3) is 3.80. The van der Waals surface area contributed by atoms with Crippen molar-refractivity contribution in [2.75, 3.05) is 7.11 Å². The van der Waals surface area contributed by atoms with Crippen LogP contribution in [0.15, 0.2) is 103 Å². The molecule has 0 unspecified atom stereocenters. The lowest BCUT2D eigenvalue weighted by Gasteiger charge is -2.24. The lowest BCUT2D eigenvalue weighted by Crippen LogP contribution is -2.45. The first kappa shape index (κ1) is 20.7. The van der Waals surface area contributed by atoms with Crippen LogP contribution < -0.4 is 5.32 Å². The van der Waals surface area contributed by atoms with Crippen LogP contribution in [-0.4, -0.2) is 25.0 Å². The van der Waals surface area contributed by atoms with Gasteiger partial charge in [0, 0.05) is 11.5 Å². The minimum Gasteiger partial charge on any atom is -0.467 e. The summed E-state index contributed by atoms with van der Waals surface area (Å²) in [7, 11) is 1.35. The first-order chi connectivity index (χ1) is 16.2. The Kier molecular flexibility index (Phi) is 5.49. The van der Waals surface area contributed by atoms with E-state index in [-0.39, 0.29) is 11.8 Å². The highest BCUT2D eigenvalue weighted by atomic mass is 16.5. The molecule has 1 amide bonds. The van der Waals surface area contributed by atoms with Gasteiger partial charge in [0.15, 0.2) is 0 Å². The van der Waals surface area contributed by atoms with Gasteiger partial charge < -0.3 is 10.1 Å². The van der Waals surface area contributed by atoms with Gasteiger partial charge in [-0.15, -0.1) is 0 Å². The second-order valence-corrected chi connectivity index (χ2v) is 8.07. The van der Waals surface area contributed by atoms with Gasteiger partial charge in [0.1, 0.15) is 6.04 Å². The zero-order valence-electron chi connectivity index (χ0n) is 18.2. The zero-order chi connectivity index (χ0) is 22.8. The molecule has 1 N–H and O–H groups in total. The molecule has 4 aromatic rings. The maximum absolute atomic E-state index is 13.2. The van der Waals surface area contributed by atoms with E-state index >= 15 is 0 Å². The van der Waals surface area contributed by atoms with Gasteiger partial charge in [0.05, 0.1) is 7.11 Å². The van der Waals surface area contributed by atoms with Gasteiger partial charge in [0.2, 0.25) is 0 Å². The highest BCUT2D eigenvalue weighted by molar-refractivity contribution is 5.98. The molecule has 0 fully saturated rings.